The van der Waals surface area contributed by atoms with E-state index in [1.165, 1.54) is 6.08 Å². The van der Waals surface area contributed by atoms with Crippen LogP contribution >= 0.6 is 0 Å². The van der Waals surface area contributed by atoms with Crippen LogP contribution in [0.25, 0.3) is 6.08 Å². The van der Waals surface area contributed by atoms with E-state index in [1.54, 1.807) is 49.4 Å². The van der Waals surface area contributed by atoms with Crippen LogP contribution in [0.2, 0.25) is 0 Å². The van der Waals surface area contributed by atoms with Crippen molar-refractivity contribution >= 4 is 17.8 Å². The topological polar surface area (TPSA) is 67.2 Å². The summed E-state index contributed by atoms with van der Waals surface area (Å²) in [4.78, 5) is 24.2. The fourth-order valence-corrected chi connectivity index (χ4v) is 2.23. The molecule has 0 aromatic heterocycles. The lowest BCUT2D eigenvalue weighted by Gasteiger charge is -2.12. The highest BCUT2D eigenvalue weighted by Gasteiger charge is 2.18. The Hall–Kier alpha value is -3.19. The predicted molar refractivity (Wildman–Crippen MR) is 96.0 cm³/mol. The van der Waals surface area contributed by atoms with Crippen LogP contribution in [0.1, 0.15) is 39.5 Å². The third-order valence-corrected chi connectivity index (χ3v) is 3.91. The van der Waals surface area contributed by atoms with Gasteiger partial charge in [-0.1, -0.05) is 24.3 Å². The summed E-state index contributed by atoms with van der Waals surface area (Å²) in [5.74, 6) is -0.822. The molecule has 2 rings (SSSR count). The minimum absolute atomic E-state index is 0.233. The number of carbonyl (C=O) groups excluding carboxylic acids is 2. The van der Waals surface area contributed by atoms with E-state index in [1.807, 2.05) is 26.0 Å². The molecule has 126 valence electrons. The number of hydrogen-bond donors (Lipinski definition) is 0. The summed E-state index contributed by atoms with van der Waals surface area (Å²) in [7, 11) is 0. The van der Waals surface area contributed by atoms with Crippen LogP contribution in [-0.4, -0.2) is 17.9 Å². The minimum Gasteiger partial charge on any atom is -0.451 e. The van der Waals surface area contributed by atoms with Crippen molar-refractivity contribution in [3.8, 4) is 6.07 Å². The smallest absolute Gasteiger partial charge is 0.331 e. The highest BCUT2D eigenvalue weighted by atomic mass is 16.5. The number of nitriles is 1. The van der Waals surface area contributed by atoms with Gasteiger partial charge >= 0.3 is 5.97 Å². The number of rotatable bonds is 5. The number of aryl methyl sites for hydroxylation is 2. The van der Waals surface area contributed by atoms with E-state index in [9.17, 15) is 9.59 Å². The van der Waals surface area contributed by atoms with Gasteiger partial charge in [0.2, 0.25) is 5.78 Å². The van der Waals surface area contributed by atoms with Crippen molar-refractivity contribution in [2.24, 2.45) is 0 Å². The Kier molecular flexibility index (Phi) is 5.86. The number of ketones is 1. The summed E-state index contributed by atoms with van der Waals surface area (Å²) < 4.78 is 5.18. The van der Waals surface area contributed by atoms with Crippen molar-refractivity contribution in [2.45, 2.75) is 26.9 Å². The molecule has 0 N–H and O–H groups in total. The zero-order valence-electron chi connectivity index (χ0n) is 14.4. The van der Waals surface area contributed by atoms with Gasteiger partial charge in [-0.05, 0) is 61.7 Å². The lowest BCUT2D eigenvalue weighted by Crippen LogP contribution is -2.23. The standard InChI is InChI=1S/C21H19NO3/c1-14-4-10-19(12-15(14)2)21(24)16(3)25-20(23)11-9-17-5-7-18(13-22)8-6-17/h4-12,16H,1-3H3/b11-9+/t16-/m1/s1. The normalized spacial score (nSPS) is 11.8. The van der Waals surface area contributed by atoms with Crippen molar-refractivity contribution < 1.29 is 14.3 Å². The Morgan fingerprint density at radius 2 is 1.76 bits per heavy atom. The number of nitrogens with zero attached hydrogens (tertiary/aromatic N) is 1. The molecule has 0 aliphatic heterocycles. The van der Waals surface area contributed by atoms with Crippen molar-refractivity contribution in [2.75, 3.05) is 0 Å². The summed E-state index contributed by atoms with van der Waals surface area (Å²) in [6.07, 6.45) is 1.99. The van der Waals surface area contributed by atoms with E-state index in [2.05, 4.69) is 0 Å². The maximum Gasteiger partial charge on any atom is 0.331 e. The van der Waals surface area contributed by atoms with Gasteiger partial charge in [-0.2, -0.15) is 5.26 Å². The van der Waals surface area contributed by atoms with Gasteiger partial charge in [-0.3, -0.25) is 4.79 Å². The molecule has 0 spiro atoms. The van der Waals surface area contributed by atoms with Crippen LogP contribution in [0.3, 0.4) is 0 Å². The minimum atomic E-state index is -0.861. The first-order valence-corrected chi connectivity index (χ1v) is 7.91. The second kappa shape index (κ2) is 8.07. The molecular weight excluding hydrogens is 314 g/mol. The molecule has 4 nitrogen and oxygen atoms in total. The molecule has 0 unspecified atom stereocenters. The van der Waals surface area contributed by atoms with Crippen LogP contribution in [0.15, 0.2) is 48.5 Å². The number of Topliss-reactive ketones (excluding diaryl/α,β-unsaturated/α-hetero) is 1. The molecule has 0 bridgehead atoms. The first-order chi connectivity index (χ1) is 11.9. The summed E-state index contributed by atoms with van der Waals surface area (Å²) in [6.45, 7) is 5.47. The number of hydrogen-bond acceptors (Lipinski definition) is 4. The van der Waals surface area contributed by atoms with E-state index < -0.39 is 12.1 Å². The summed E-state index contributed by atoms with van der Waals surface area (Å²) in [5, 5.41) is 8.75. The quantitative estimate of drug-likeness (QED) is 0.471. The van der Waals surface area contributed by atoms with Crippen molar-refractivity contribution in [1.29, 1.82) is 5.26 Å². The molecule has 0 aliphatic rings. The predicted octanol–water partition coefficient (Wildman–Crippen LogP) is 4.00. The van der Waals surface area contributed by atoms with Gasteiger partial charge in [-0.15, -0.1) is 0 Å². The highest BCUT2D eigenvalue weighted by Crippen LogP contribution is 2.13. The van der Waals surface area contributed by atoms with Crippen LogP contribution in [0.4, 0.5) is 0 Å². The lowest BCUT2D eigenvalue weighted by molar-refractivity contribution is -0.140. The first-order valence-electron chi connectivity index (χ1n) is 7.91. The molecule has 0 radical (unpaired) electrons. The fraction of sp³-hybridized carbons (Fsp3) is 0.190. The second-order valence-corrected chi connectivity index (χ2v) is 5.81. The average molecular weight is 333 g/mol. The molecule has 25 heavy (non-hydrogen) atoms. The van der Waals surface area contributed by atoms with E-state index in [0.29, 0.717) is 11.1 Å². The largest absolute Gasteiger partial charge is 0.451 e. The molecule has 0 amide bonds. The van der Waals surface area contributed by atoms with Crippen LogP contribution in [0.5, 0.6) is 0 Å². The summed E-state index contributed by atoms with van der Waals surface area (Å²) >= 11 is 0. The SMILES string of the molecule is Cc1ccc(C(=O)[C@@H](C)OC(=O)/C=C/c2ccc(C#N)cc2)cc1C. The monoisotopic (exact) mass is 333 g/mol. The Morgan fingerprint density at radius 3 is 2.36 bits per heavy atom. The number of carbonyl (C=O) groups is 2. The van der Waals surface area contributed by atoms with E-state index >= 15 is 0 Å². The van der Waals surface area contributed by atoms with Crippen LogP contribution in [-0.2, 0) is 9.53 Å². The molecule has 1 atom stereocenters. The maximum atomic E-state index is 12.4. The summed E-state index contributed by atoms with van der Waals surface area (Å²) in [5.41, 5.74) is 3.97. The lowest BCUT2D eigenvalue weighted by atomic mass is 10.0. The number of benzene rings is 2. The molecular formula is C21H19NO3. The highest BCUT2D eigenvalue weighted by molar-refractivity contribution is 6.01. The van der Waals surface area contributed by atoms with Gasteiger partial charge in [0.05, 0.1) is 11.6 Å². The Bertz CT molecular complexity index is 858. The molecule has 4 heteroatoms. The van der Waals surface area contributed by atoms with Crippen LogP contribution < -0.4 is 0 Å². The van der Waals surface area contributed by atoms with Crippen LogP contribution in [0, 0.1) is 25.2 Å². The Morgan fingerprint density at radius 1 is 1.08 bits per heavy atom. The van der Waals surface area contributed by atoms with Gasteiger partial charge in [0.15, 0.2) is 6.10 Å². The molecule has 0 fully saturated rings. The van der Waals surface area contributed by atoms with E-state index in [4.69, 9.17) is 10.00 Å². The molecule has 0 heterocycles. The first kappa shape index (κ1) is 18.2. The molecule has 0 aliphatic carbocycles. The van der Waals surface area contributed by atoms with Crippen molar-refractivity contribution in [3.05, 3.63) is 76.4 Å². The van der Waals surface area contributed by atoms with E-state index in [-0.39, 0.29) is 5.78 Å². The molecule has 0 saturated carbocycles. The number of ether oxygens (including phenoxy) is 1. The van der Waals surface area contributed by atoms with Crippen molar-refractivity contribution in [3.63, 3.8) is 0 Å². The van der Waals surface area contributed by atoms with Gasteiger partial charge in [-0.25, -0.2) is 4.79 Å². The Labute approximate surface area is 147 Å². The third-order valence-electron chi connectivity index (χ3n) is 3.91. The molecule has 2 aromatic rings. The zero-order valence-corrected chi connectivity index (χ0v) is 14.4. The van der Waals surface area contributed by atoms with Gasteiger partial charge in [0.1, 0.15) is 0 Å². The van der Waals surface area contributed by atoms with E-state index in [0.717, 1.165) is 16.7 Å². The number of esters is 1. The average Bonchev–Trinajstić information content (AvgIpc) is 2.62. The molecule has 2 aromatic carbocycles. The van der Waals surface area contributed by atoms with Gasteiger partial charge < -0.3 is 4.74 Å². The fourth-order valence-electron chi connectivity index (χ4n) is 2.23. The van der Waals surface area contributed by atoms with Gasteiger partial charge in [0.25, 0.3) is 0 Å². The molecule has 0 saturated heterocycles. The second-order valence-electron chi connectivity index (χ2n) is 5.81. The van der Waals surface area contributed by atoms with Gasteiger partial charge in [0, 0.05) is 11.6 Å². The van der Waals surface area contributed by atoms with Crippen molar-refractivity contribution in [1.82, 2.24) is 0 Å². The Balaban J connectivity index is 1.98. The maximum absolute atomic E-state index is 12.4. The summed E-state index contributed by atoms with van der Waals surface area (Å²) in [6, 6.07) is 14.2. The third kappa shape index (κ3) is 4.89. The zero-order chi connectivity index (χ0) is 18.4.